The van der Waals surface area contributed by atoms with Crippen LogP contribution in [0.5, 0.6) is 0 Å². The summed E-state index contributed by atoms with van der Waals surface area (Å²) in [6.07, 6.45) is 1.44. The van der Waals surface area contributed by atoms with Gasteiger partial charge in [-0.1, -0.05) is 52.0 Å². The summed E-state index contributed by atoms with van der Waals surface area (Å²) in [4.78, 5) is 0. The Hall–Kier alpha value is -1.56. The first kappa shape index (κ1) is 13.4. The van der Waals surface area contributed by atoms with Crippen molar-refractivity contribution in [2.24, 2.45) is 5.92 Å². The number of aliphatic hydroxyl groups is 1. The van der Waals surface area contributed by atoms with E-state index in [-0.39, 0.29) is 5.92 Å². The van der Waals surface area contributed by atoms with Gasteiger partial charge in [-0.05, 0) is 48.2 Å². The van der Waals surface area contributed by atoms with Crippen molar-refractivity contribution in [1.29, 1.82) is 0 Å². The van der Waals surface area contributed by atoms with Crippen molar-refractivity contribution in [3.8, 4) is 11.8 Å². The second kappa shape index (κ2) is 5.83. The molecule has 2 heteroatoms. The third-order valence-electron chi connectivity index (χ3n) is 3.73. The summed E-state index contributed by atoms with van der Waals surface area (Å²) < 4.78 is 1.05. The molecule has 0 aliphatic heterocycles. The van der Waals surface area contributed by atoms with E-state index in [0.29, 0.717) is 0 Å². The van der Waals surface area contributed by atoms with Gasteiger partial charge in [0.2, 0.25) is 0 Å². The number of benzene rings is 2. The number of halogens is 1. The quantitative estimate of drug-likeness (QED) is 0.723. The average Bonchev–Trinajstić information content (AvgIpc) is 2.49. The van der Waals surface area contributed by atoms with E-state index in [1.54, 1.807) is 0 Å². The molecule has 2 atom stereocenters. The Kier molecular flexibility index (Phi) is 3.91. The van der Waals surface area contributed by atoms with Crippen LogP contribution in [0, 0.1) is 17.8 Å². The molecule has 20 heavy (non-hydrogen) atoms. The highest BCUT2D eigenvalue weighted by Crippen LogP contribution is 2.33. The molecule has 0 spiro atoms. The summed E-state index contributed by atoms with van der Waals surface area (Å²) >= 11 is 3.41. The van der Waals surface area contributed by atoms with Crippen molar-refractivity contribution in [3.63, 3.8) is 0 Å². The Morgan fingerprint density at radius 2 is 1.80 bits per heavy atom. The maximum atomic E-state index is 10.4. The molecule has 0 heterocycles. The predicted molar refractivity (Wildman–Crippen MR) is 84.2 cm³/mol. The van der Waals surface area contributed by atoms with Crippen LogP contribution >= 0.6 is 15.9 Å². The summed E-state index contributed by atoms with van der Waals surface area (Å²) in [6.45, 7) is 0. The van der Waals surface area contributed by atoms with Gasteiger partial charge in [0, 0.05) is 10.0 Å². The molecule has 3 rings (SSSR count). The Labute approximate surface area is 127 Å². The van der Waals surface area contributed by atoms with Gasteiger partial charge in [-0.2, -0.15) is 0 Å². The van der Waals surface area contributed by atoms with E-state index in [4.69, 9.17) is 0 Å². The van der Waals surface area contributed by atoms with Gasteiger partial charge in [0.25, 0.3) is 0 Å². The van der Waals surface area contributed by atoms with Gasteiger partial charge in [-0.15, -0.1) is 0 Å². The van der Waals surface area contributed by atoms with Gasteiger partial charge in [0.05, 0.1) is 12.0 Å². The number of hydrogen-bond donors (Lipinski definition) is 1. The summed E-state index contributed by atoms with van der Waals surface area (Å²) in [7, 11) is 0. The highest BCUT2D eigenvalue weighted by Gasteiger charge is 2.25. The largest absolute Gasteiger partial charge is 0.387 e. The van der Waals surface area contributed by atoms with Crippen LogP contribution in [0.25, 0.3) is 0 Å². The zero-order valence-corrected chi connectivity index (χ0v) is 12.6. The second-order valence-corrected chi connectivity index (χ2v) is 5.98. The van der Waals surface area contributed by atoms with Gasteiger partial charge >= 0.3 is 0 Å². The van der Waals surface area contributed by atoms with Crippen molar-refractivity contribution in [2.45, 2.75) is 18.9 Å². The molecule has 0 unspecified atom stereocenters. The summed E-state index contributed by atoms with van der Waals surface area (Å²) in [5, 5.41) is 10.4. The van der Waals surface area contributed by atoms with Crippen LogP contribution in [-0.2, 0) is 6.42 Å². The molecule has 0 bridgehead atoms. The van der Waals surface area contributed by atoms with Crippen molar-refractivity contribution < 1.29 is 5.11 Å². The molecule has 0 radical (unpaired) electrons. The fourth-order valence-corrected chi connectivity index (χ4v) is 2.86. The molecule has 1 aliphatic rings. The zero-order valence-electron chi connectivity index (χ0n) is 11.0. The molecule has 1 N–H and O–H groups in total. The van der Waals surface area contributed by atoms with E-state index in [0.717, 1.165) is 28.4 Å². The average molecular weight is 327 g/mol. The van der Waals surface area contributed by atoms with Crippen molar-refractivity contribution in [3.05, 3.63) is 69.7 Å². The van der Waals surface area contributed by atoms with E-state index in [1.807, 2.05) is 42.5 Å². The monoisotopic (exact) mass is 326 g/mol. The lowest BCUT2D eigenvalue weighted by Gasteiger charge is -2.26. The number of aryl methyl sites for hydroxylation is 1. The zero-order chi connectivity index (χ0) is 13.9. The summed E-state index contributed by atoms with van der Waals surface area (Å²) in [5.74, 6) is 6.43. The van der Waals surface area contributed by atoms with Crippen LogP contribution in [0.3, 0.4) is 0 Å². The Morgan fingerprint density at radius 3 is 2.60 bits per heavy atom. The minimum Gasteiger partial charge on any atom is -0.387 e. The van der Waals surface area contributed by atoms with Gasteiger partial charge in [-0.25, -0.2) is 0 Å². The van der Waals surface area contributed by atoms with Crippen LogP contribution in [0.2, 0.25) is 0 Å². The van der Waals surface area contributed by atoms with Crippen molar-refractivity contribution in [1.82, 2.24) is 0 Å². The predicted octanol–water partition coefficient (Wildman–Crippen LogP) is 4.10. The Morgan fingerprint density at radius 1 is 1.05 bits per heavy atom. The van der Waals surface area contributed by atoms with Gasteiger partial charge in [0.15, 0.2) is 0 Å². The Balaban J connectivity index is 1.82. The number of aliphatic hydroxyl groups excluding tert-OH is 1. The van der Waals surface area contributed by atoms with E-state index in [1.165, 1.54) is 5.56 Å². The maximum absolute atomic E-state index is 10.4. The molecular formula is C18H15BrO. The fraction of sp³-hybridized carbons (Fsp3) is 0.222. The van der Waals surface area contributed by atoms with Gasteiger partial charge in [0.1, 0.15) is 0 Å². The topological polar surface area (TPSA) is 20.2 Å². The lowest BCUT2D eigenvalue weighted by molar-refractivity contribution is 0.122. The normalized spacial score (nSPS) is 20.7. The highest BCUT2D eigenvalue weighted by atomic mass is 79.9. The minimum absolute atomic E-state index is 0.0218. The third kappa shape index (κ3) is 2.80. The molecule has 0 saturated carbocycles. The van der Waals surface area contributed by atoms with Crippen LogP contribution in [0.1, 0.15) is 29.2 Å². The molecule has 1 aliphatic carbocycles. The lowest BCUT2D eigenvalue weighted by Crippen LogP contribution is -2.19. The van der Waals surface area contributed by atoms with Crippen molar-refractivity contribution >= 4 is 15.9 Å². The first-order chi connectivity index (χ1) is 9.74. The fourth-order valence-electron chi connectivity index (χ4n) is 2.60. The lowest BCUT2D eigenvalue weighted by atomic mass is 9.82. The van der Waals surface area contributed by atoms with E-state index in [2.05, 4.69) is 33.8 Å². The van der Waals surface area contributed by atoms with Crippen molar-refractivity contribution in [2.75, 3.05) is 0 Å². The number of fused-ring (bicyclic) bond motifs is 1. The first-order valence-corrected chi connectivity index (χ1v) is 7.56. The third-order valence-corrected chi connectivity index (χ3v) is 4.25. The maximum Gasteiger partial charge on any atom is 0.0930 e. The first-order valence-electron chi connectivity index (χ1n) is 6.77. The van der Waals surface area contributed by atoms with E-state index in [9.17, 15) is 5.11 Å². The standard InChI is InChI=1S/C18H15BrO/c19-16-11-6-13(7-12-16)5-8-15-10-9-14-3-1-2-4-17(14)18(15)20/h1-4,6-7,11-12,15,18,20H,9-10H2/t15-,18-/m1/s1. The smallest absolute Gasteiger partial charge is 0.0930 e. The molecule has 2 aromatic rings. The number of rotatable bonds is 0. The van der Waals surface area contributed by atoms with Gasteiger partial charge < -0.3 is 5.11 Å². The van der Waals surface area contributed by atoms with Crippen LogP contribution in [-0.4, -0.2) is 5.11 Å². The van der Waals surface area contributed by atoms with E-state index >= 15 is 0 Å². The van der Waals surface area contributed by atoms with E-state index < -0.39 is 6.10 Å². The molecule has 100 valence electrons. The highest BCUT2D eigenvalue weighted by molar-refractivity contribution is 9.10. The molecule has 0 fully saturated rings. The molecular weight excluding hydrogens is 312 g/mol. The Bertz CT molecular complexity index is 664. The molecule has 1 nitrogen and oxygen atoms in total. The molecule has 2 aromatic carbocycles. The van der Waals surface area contributed by atoms with Crippen LogP contribution < -0.4 is 0 Å². The number of hydrogen-bond acceptors (Lipinski definition) is 1. The molecule has 0 saturated heterocycles. The second-order valence-electron chi connectivity index (χ2n) is 5.07. The van der Waals surface area contributed by atoms with Crippen LogP contribution in [0.15, 0.2) is 53.0 Å². The SMILES string of the molecule is O[C@H]1c2ccccc2CC[C@H]1C#Cc1ccc(Br)cc1. The molecule has 0 aromatic heterocycles. The van der Waals surface area contributed by atoms with Gasteiger partial charge in [-0.3, -0.25) is 0 Å². The molecule has 0 amide bonds. The summed E-state index contributed by atoms with van der Waals surface area (Å²) in [5.41, 5.74) is 3.27. The van der Waals surface area contributed by atoms with Crippen LogP contribution in [0.4, 0.5) is 0 Å². The minimum atomic E-state index is -0.470. The summed E-state index contributed by atoms with van der Waals surface area (Å²) in [6, 6.07) is 16.0.